The minimum Gasteiger partial charge on any atom is -0.480 e. The molecule has 7 heteroatoms. The van der Waals surface area contributed by atoms with Crippen LogP contribution in [0.2, 0.25) is 0 Å². The number of hydrogen-bond donors (Lipinski definition) is 2. The van der Waals surface area contributed by atoms with Crippen LogP contribution >= 0.6 is 0 Å². The number of aliphatic hydroxyl groups excluding tert-OH is 1. The Balaban J connectivity index is 2.98. The Morgan fingerprint density at radius 1 is 1.23 bits per heavy atom. The van der Waals surface area contributed by atoms with Crippen LogP contribution in [0.15, 0.2) is 52.1 Å². The summed E-state index contributed by atoms with van der Waals surface area (Å²) in [7, 11) is 0. The molecule has 0 heterocycles. The number of hydrogen-bond acceptors (Lipinski definition) is 6. The van der Waals surface area contributed by atoms with Gasteiger partial charge in [-0.15, -0.1) is 5.10 Å². The summed E-state index contributed by atoms with van der Waals surface area (Å²) in [5.74, 6) is -1.77. The quantitative estimate of drug-likeness (QED) is 0.199. The molecule has 0 aliphatic rings. The Morgan fingerprint density at radius 3 is 2.45 bits per heavy atom. The van der Waals surface area contributed by atoms with E-state index >= 15 is 0 Å². The van der Waals surface area contributed by atoms with E-state index in [1.54, 1.807) is 13.8 Å². The Labute approximate surface area is 128 Å². The van der Waals surface area contributed by atoms with Gasteiger partial charge in [0.1, 0.15) is 0 Å². The van der Waals surface area contributed by atoms with Crippen molar-refractivity contribution in [2.75, 3.05) is 13.2 Å². The van der Waals surface area contributed by atoms with E-state index in [2.05, 4.69) is 10.2 Å². The van der Waals surface area contributed by atoms with Crippen LogP contribution in [0.1, 0.15) is 19.4 Å². The largest absolute Gasteiger partial charge is 0.480 e. The molecule has 0 unspecified atom stereocenters. The number of aliphatic hydroxyl groups is 1. The molecule has 0 spiro atoms. The van der Waals surface area contributed by atoms with Crippen LogP contribution in [0, 0.1) is 0 Å². The summed E-state index contributed by atoms with van der Waals surface area (Å²) in [6.07, 6.45) is 1.47. The molecule has 0 amide bonds. The predicted molar refractivity (Wildman–Crippen MR) is 83.6 cm³/mol. The Kier molecular flexibility index (Phi) is 7.18. The SMILES string of the molecule is CCOC(=O)C(C(N)=NN=Cc1ccccc1)=C(O)OCC. The molecule has 1 rings (SSSR count). The molecule has 0 saturated heterocycles. The van der Waals surface area contributed by atoms with Gasteiger partial charge in [-0.25, -0.2) is 4.79 Å². The highest BCUT2D eigenvalue weighted by Crippen LogP contribution is 2.07. The molecular formula is C15H19N3O4. The first kappa shape index (κ1) is 17.2. The first-order valence-corrected chi connectivity index (χ1v) is 6.75. The lowest BCUT2D eigenvalue weighted by atomic mass is 10.2. The molecule has 0 bridgehead atoms. The number of nitrogens with zero attached hydrogens (tertiary/aromatic N) is 2. The van der Waals surface area contributed by atoms with Gasteiger partial charge in [-0.2, -0.15) is 5.10 Å². The fourth-order valence-corrected chi connectivity index (χ4v) is 1.46. The molecule has 3 N–H and O–H groups in total. The van der Waals surface area contributed by atoms with Crippen molar-refractivity contribution in [1.29, 1.82) is 0 Å². The van der Waals surface area contributed by atoms with Crippen LogP contribution < -0.4 is 5.73 Å². The van der Waals surface area contributed by atoms with Crippen LogP contribution in [0.4, 0.5) is 0 Å². The second-order valence-electron chi connectivity index (χ2n) is 3.97. The third-order valence-corrected chi connectivity index (χ3v) is 2.40. The molecule has 0 aliphatic heterocycles. The molecule has 118 valence electrons. The highest BCUT2D eigenvalue weighted by Gasteiger charge is 2.22. The third kappa shape index (κ3) is 5.28. The van der Waals surface area contributed by atoms with Crippen LogP contribution in [-0.2, 0) is 14.3 Å². The smallest absolute Gasteiger partial charge is 0.349 e. The van der Waals surface area contributed by atoms with Crippen LogP contribution in [-0.4, -0.2) is 36.3 Å². The molecule has 0 fully saturated rings. The van der Waals surface area contributed by atoms with Gasteiger partial charge in [-0.05, 0) is 19.4 Å². The summed E-state index contributed by atoms with van der Waals surface area (Å²) in [6, 6.07) is 9.22. The van der Waals surface area contributed by atoms with Crippen molar-refractivity contribution in [1.82, 2.24) is 0 Å². The molecule has 1 aromatic rings. The zero-order valence-electron chi connectivity index (χ0n) is 12.5. The molecular weight excluding hydrogens is 286 g/mol. The molecule has 7 nitrogen and oxygen atoms in total. The van der Waals surface area contributed by atoms with E-state index in [4.69, 9.17) is 15.2 Å². The molecule has 0 atom stereocenters. The standard InChI is InChI=1S/C15H19N3O4/c1-3-21-14(19)12(15(20)22-4-2)13(16)18-17-10-11-8-6-5-7-9-11/h5-10,19H,3-4H2,1-2H3,(H2,16,18). The normalized spacial score (nSPS) is 12.9. The van der Waals surface area contributed by atoms with Gasteiger partial charge in [0.2, 0.25) is 0 Å². The molecule has 0 saturated carbocycles. The van der Waals surface area contributed by atoms with Gasteiger partial charge in [0, 0.05) is 0 Å². The maximum Gasteiger partial charge on any atom is 0.349 e. The number of nitrogens with two attached hydrogens (primary N) is 1. The molecule has 0 radical (unpaired) electrons. The number of carbonyl (C=O) groups excluding carboxylic acids is 1. The average Bonchev–Trinajstić information content (AvgIpc) is 2.49. The van der Waals surface area contributed by atoms with Crippen LogP contribution in [0.5, 0.6) is 0 Å². The summed E-state index contributed by atoms with van der Waals surface area (Å²) < 4.78 is 9.69. The fourth-order valence-electron chi connectivity index (χ4n) is 1.46. The Morgan fingerprint density at radius 2 is 1.86 bits per heavy atom. The Bertz CT molecular complexity index is 580. The van der Waals surface area contributed by atoms with E-state index < -0.39 is 11.9 Å². The first-order chi connectivity index (χ1) is 10.6. The number of benzene rings is 1. The Hall–Kier alpha value is -2.83. The van der Waals surface area contributed by atoms with E-state index in [0.717, 1.165) is 5.56 Å². The summed E-state index contributed by atoms with van der Waals surface area (Å²) in [5.41, 5.74) is 6.14. The molecule has 1 aromatic carbocycles. The van der Waals surface area contributed by atoms with Crippen molar-refractivity contribution >= 4 is 18.0 Å². The lowest BCUT2D eigenvalue weighted by molar-refractivity contribution is -0.138. The molecule has 0 aliphatic carbocycles. The topological polar surface area (TPSA) is 107 Å². The average molecular weight is 305 g/mol. The monoisotopic (exact) mass is 305 g/mol. The van der Waals surface area contributed by atoms with Crippen LogP contribution in [0.25, 0.3) is 0 Å². The van der Waals surface area contributed by atoms with Crippen molar-refractivity contribution in [2.24, 2.45) is 15.9 Å². The lowest BCUT2D eigenvalue weighted by Gasteiger charge is -2.08. The van der Waals surface area contributed by atoms with E-state index in [9.17, 15) is 9.90 Å². The van der Waals surface area contributed by atoms with Gasteiger partial charge in [0.05, 0.1) is 19.4 Å². The summed E-state index contributed by atoms with van der Waals surface area (Å²) >= 11 is 0. The summed E-state index contributed by atoms with van der Waals surface area (Å²) in [5, 5.41) is 17.2. The zero-order valence-corrected chi connectivity index (χ0v) is 12.5. The van der Waals surface area contributed by atoms with Crippen molar-refractivity contribution in [3.8, 4) is 0 Å². The van der Waals surface area contributed by atoms with Crippen molar-refractivity contribution in [3.63, 3.8) is 0 Å². The predicted octanol–water partition coefficient (Wildman–Crippen LogP) is 1.75. The van der Waals surface area contributed by atoms with Gasteiger partial charge in [0.15, 0.2) is 11.4 Å². The minimum absolute atomic E-state index is 0.127. The second kappa shape index (κ2) is 9.17. The van der Waals surface area contributed by atoms with E-state index in [-0.39, 0.29) is 24.6 Å². The number of amidine groups is 1. The number of ether oxygens (including phenoxy) is 2. The van der Waals surface area contributed by atoms with Gasteiger partial charge in [0.25, 0.3) is 5.95 Å². The van der Waals surface area contributed by atoms with Gasteiger partial charge in [-0.1, -0.05) is 30.3 Å². The number of rotatable bonds is 7. The third-order valence-electron chi connectivity index (χ3n) is 2.40. The maximum absolute atomic E-state index is 11.8. The minimum atomic E-state index is -0.829. The highest BCUT2D eigenvalue weighted by molar-refractivity contribution is 6.18. The van der Waals surface area contributed by atoms with E-state index in [1.807, 2.05) is 30.3 Å². The second-order valence-corrected chi connectivity index (χ2v) is 3.97. The molecule has 22 heavy (non-hydrogen) atoms. The van der Waals surface area contributed by atoms with Gasteiger partial charge < -0.3 is 20.3 Å². The van der Waals surface area contributed by atoms with Crippen molar-refractivity contribution in [2.45, 2.75) is 13.8 Å². The first-order valence-electron chi connectivity index (χ1n) is 6.75. The number of carbonyl (C=O) groups is 1. The van der Waals surface area contributed by atoms with Crippen LogP contribution in [0.3, 0.4) is 0 Å². The highest BCUT2D eigenvalue weighted by atomic mass is 16.6. The maximum atomic E-state index is 11.8. The molecule has 0 aromatic heterocycles. The van der Waals surface area contributed by atoms with Crippen molar-refractivity contribution in [3.05, 3.63) is 47.4 Å². The van der Waals surface area contributed by atoms with Crippen molar-refractivity contribution < 1.29 is 19.4 Å². The van der Waals surface area contributed by atoms with E-state index in [1.165, 1.54) is 6.21 Å². The van der Waals surface area contributed by atoms with Gasteiger partial charge >= 0.3 is 5.97 Å². The zero-order chi connectivity index (χ0) is 16.4. The summed E-state index contributed by atoms with van der Waals surface area (Å²) in [4.78, 5) is 11.8. The van der Waals surface area contributed by atoms with E-state index in [0.29, 0.717) is 0 Å². The number of esters is 1. The fraction of sp³-hybridized carbons (Fsp3) is 0.267. The summed E-state index contributed by atoms with van der Waals surface area (Å²) in [6.45, 7) is 3.58. The van der Waals surface area contributed by atoms with Gasteiger partial charge in [-0.3, -0.25) is 0 Å². The lowest BCUT2D eigenvalue weighted by Crippen LogP contribution is -2.25.